The summed E-state index contributed by atoms with van der Waals surface area (Å²) in [4.78, 5) is 25.6. The SMILES string of the molecule is COCCN1CC(C(=O)NCCCc2ccccc2)CC1=O. The molecule has 1 heterocycles. The van der Waals surface area contributed by atoms with Gasteiger partial charge in [-0.3, -0.25) is 9.59 Å². The molecule has 0 bridgehead atoms. The smallest absolute Gasteiger partial charge is 0.225 e. The number of amides is 2. The molecule has 5 heteroatoms. The van der Waals surface area contributed by atoms with Gasteiger partial charge in [0.1, 0.15) is 0 Å². The van der Waals surface area contributed by atoms with E-state index < -0.39 is 0 Å². The molecule has 1 unspecified atom stereocenters. The van der Waals surface area contributed by atoms with Crippen LogP contribution in [0.1, 0.15) is 18.4 Å². The van der Waals surface area contributed by atoms with Crippen molar-refractivity contribution in [2.24, 2.45) is 5.92 Å². The van der Waals surface area contributed by atoms with E-state index in [9.17, 15) is 9.59 Å². The maximum absolute atomic E-state index is 12.1. The molecular formula is C17H24N2O3. The lowest BCUT2D eigenvalue weighted by Crippen LogP contribution is -2.34. The Bertz CT molecular complexity index is 490. The van der Waals surface area contributed by atoms with Gasteiger partial charge in [-0.2, -0.15) is 0 Å². The number of rotatable bonds is 8. The van der Waals surface area contributed by atoms with Crippen molar-refractivity contribution >= 4 is 11.8 Å². The summed E-state index contributed by atoms with van der Waals surface area (Å²) in [5, 5.41) is 2.94. The molecule has 1 saturated heterocycles. The predicted molar refractivity (Wildman–Crippen MR) is 84.3 cm³/mol. The zero-order valence-corrected chi connectivity index (χ0v) is 13.1. The first kappa shape index (κ1) is 16.5. The highest BCUT2D eigenvalue weighted by atomic mass is 16.5. The lowest BCUT2D eigenvalue weighted by molar-refractivity contribution is -0.129. The molecule has 1 aliphatic rings. The highest BCUT2D eigenvalue weighted by molar-refractivity contribution is 5.89. The second-order valence-corrected chi connectivity index (χ2v) is 5.61. The van der Waals surface area contributed by atoms with Crippen LogP contribution in [0, 0.1) is 5.92 Å². The third-order valence-corrected chi connectivity index (χ3v) is 3.93. The van der Waals surface area contributed by atoms with Gasteiger partial charge < -0.3 is 15.0 Å². The summed E-state index contributed by atoms with van der Waals surface area (Å²) >= 11 is 0. The number of methoxy groups -OCH3 is 1. The average Bonchev–Trinajstić information content (AvgIpc) is 2.91. The second-order valence-electron chi connectivity index (χ2n) is 5.61. The summed E-state index contributed by atoms with van der Waals surface area (Å²) in [6.07, 6.45) is 2.17. The number of nitrogens with zero attached hydrogens (tertiary/aromatic N) is 1. The summed E-state index contributed by atoms with van der Waals surface area (Å²) in [5.41, 5.74) is 1.28. The Hall–Kier alpha value is -1.88. The van der Waals surface area contributed by atoms with Crippen LogP contribution < -0.4 is 5.32 Å². The van der Waals surface area contributed by atoms with E-state index in [4.69, 9.17) is 4.74 Å². The topological polar surface area (TPSA) is 58.6 Å². The van der Waals surface area contributed by atoms with Crippen LogP contribution in [0.3, 0.4) is 0 Å². The Morgan fingerprint density at radius 3 is 2.86 bits per heavy atom. The first-order valence-electron chi connectivity index (χ1n) is 7.79. The van der Waals surface area contributed by atoms with Crippen molar-refractivity contribution in [3.63, 3.8) is 0 Å². The van der Waals surface area contributed by atoms with E-state index in [0.29, 0.717) is 32.7 Å². The minimum absolute atomic E-state index is 0.0127. The minimum atomic E-state index is -0.221. The molecule has 1 fully saturated rings. The fourth-order valence-corrected chi connectivity index (χ4v) is 2.66. The number of hydrogen-bond donors (Lipinski definition) is 1. The summed E-state index contributed by atoms with van der Waals surface area (Å²) < 4.78 is 4.97. The highest BCUT2D eigenvalue weighted by Gasteiger charge is 2.33. The Morgan fingerprint density at radius 1 is 1.36 bits per heavy atom. The Balaban J connectivity index is 1.66. The summed E-state index contributed by atoms with van der Waals surface area (Å²) in [5.74, 6) is -0.191. The van der Waals surface area contributed by atoms with Gasteiger partial charge in [0.2, 0.25) is 11.8 Å². The van der Waals surface area contributed by atoms with Gasteiger partial charge in [0, 0.05) is 33.2 Å². The highest BCUT2D eigenvalue weighted by Crippen LogP contribution is 2.17. The van der Waals surface area contributed by atoms with E-state index in [1.165, 1.54) is 5.56 Å². The lowest BCUT2D eigenvalue weighted by atomic mass is 10.1. The standard InChI is InChI=1S/C17H24N2O3/c1-22-11-10-19-13-15(12-16(19)20)17(21)18-9-5-8-14-6-3-2-4-7-14/h2-4,6-7,15H,5,8-13H2,1H3,(H,18,21). The first-order valence-corrected chi connectivity index (χ1v) is 7.79. The molecule has 1 aromatic rings. The Kier molecular flexibility index (Phi) is 6.40. The maximum atomic E-state index is 12.1. The van der Waals surface area contributed by atoms with Gasteiger partial charge in [-0.25, -0.2) is 0 Å². The third kappa shape index (κ3) is 4.84. The van der Waals surface area contributed by atoms with E-state index in [2.05, 4.69) is 17.4 Å². The van der Waals surface area contributed by atoms with Crippen molar-refractivity contribution in [3.8, 4) is 0 Å². The molecule has 120 valence electrons. The molecule has 0 saturated carbocycles. The van der Waals surface area contributed by atoms with Gasteiger partial charge in [-0.05, 0) is 18.4 Å². The van der Waals surface area contributed by atoms with E-state index in [1.54, 1.807) is 12.0 Å². The number of carbonyl (C=O) groups excluding carboxylic acids is 2. The normalized spacial score (nSPS) is 17.8. The van der Waals surface area contributed by atoms with E-state index in [0.717, 1.165) is 12.8 Å². The number of ether oxygens (including phenoxy) is 1. The molecule has 5 nitrogen and oxygen atoms in total. The summed E-state index contributed by atoms with van der Waals surface area (Å²) in [6, 6.07) is 10.2. The summed E-state index contributed by atoms with van der Waals surface area (Å²) in [6.45, 7) is 2.23. The number of hydrogen-bond acceptors (Lipinski definition) is 3. The fourth-order valence-electron chi connectivity index (χ4n) is 2.66. The zero-order valence-electron chi connectivity index (χ0n) is 13.1. The monoisotopic (exact) mass is 304 g/mol. The minimum Gasteiger partial charge on any atom is -0.383 e. The van der Waals surface area contributed by atoms with Gasteiger partial charge in [0.05, 0.1) is 12.5 Å². The van der Waals surface area contributed by atoms with Gasteiger partial charge >= 0.3 is 0 Å². The van der Waals surface area contributed by atoms with Crippen LogP contribution in [0.15, 0.2) is 30.3 Å². The molecule has 1 atom stereocenters. The van der Waals surface area contributed by atoms with Crippen LogP contribution in [-0.2, 0) is 20.7 Å². The van der Waals surface area contributed by atoms with Crippen molar-refractivity contribution in [2.75, 3.05) is 33.4 Å². The molecule has 1 N–H and O–H groups in total. The molecule has 0 aromatic heterocycles. The van der Waals surface area contributed by atoms with Crippen LogP contribution in [0.4, 0.5) is 0 Å². The van der Waals surface area contributed by atoms with Crippen molar-refractivity contribution in [1.29, 1.82) is 0 Å². The van der Waals surface area contributed by atoms with Crippen molar-refractivity contribution < 1.29 is 14.3 Å². The average molecular weight is 304 g/mol. The molecule has 1 aliphatic heterocycles. The van der Waals surface area contributed by atoms with Crippen LogP contribution in [0.5, 0.6) is 0 Å². The van der Waals surface area contributed by atoms with Crippen molar-refractivity contribution in [1.82, 2.24) is 10.2 Å². The first-order chi connectivity index (χ1) is 10.7. The molecule has 2 amide bonds. The Labute approximate surface area is 131 Å². The van der Waals surface area contributed by atoms with Crippen molar-refractivity contribution in [2.45, 2.75) is 19.3 Å². The predicted octanol–water partition coefficient (Wildman–Crippen LogP) is 1.23. The molecule has 2 rings (SSSR count). The van der Waals surface area contributed by atoms with Crippen LogP contribution in [-0.4, -0.2) is 50.1 Å². The van der Waals surface area contributed by atoms with E-state index in [1.807, 2.05) is 18.2 Å². The fraction of sp³-hybridized carbons (Fsp3) is 0.529. The van der Waals surface area contributed by atoms with E-state index in [-0.39, 0.29) is 17.7 Å². The number of benzene rings is 1. The van der Waals surface area contributed by atoms with Gasteiger partial charge in [-0.15, -0.1) is 0 Å². The van der Waals surface area contributed by atoms with Crippen molar-refractivity contribution in [3.05, 3.63) is 35.9 Å². The molecule has 0 aliphatic carbocycles. The number of carbonyl (C=O) groups is 2. The number of likely N-dealkylation sites (tertiary alicyclic amines) is 1. The Morgan fingerprint density at radius 2 is 2.14 bits per heavy atom. The van der Waals surface area contributed by atoms with Crippen LogP contribution >= 0.6 is 0 Å². The lowest BCUT2D eigenvalue weighted by Gasteiger charge is -2.15. The zero-order chi connectivity index (χ0) is 15.8. The maximum Gasteiger partial charge on any atom is 0.225 e. The molecule has 0 spiro atoms. The molecule has 1 aromatic carbocycles. The third-order valence-electron chi connectivity index (χ3n) is 3.93. The number of nitrogens with one attached hydrogen (secondary N) is 1. The van der Waals surface area contributed by atoms with E-state index >= 15 is 0 Å². The quantitative estimate of drug-likeness (QED) is 0.735. The second kappa shape index (κ2) is 8.54. The van der Waals surface area contributed by atoms with Crippen LogP contribution in [0.25, 0.3) is 0 Å². The van der Waals surface area contributed by atoms with Crippen LogP contribution in [0.2, 0.25) is 0 Å². The van der Waals surface area contributed by atoms with Gasteiger partial charge in [-0.1, -0.05) is 30.3 Å². The molecule has 22 heavy (non-hydrogen) atoms. The molecule has 0 radical (unpaired) electrons. The summed E-state index contributed by atoms with van der Waals surface area (Å²) in [7, 11) is 1.61. The van der Waals surface area contributed by atoms with Gasteiger partial charge in [0.25, 0.3) is 0 Å². The number of aryl methyl sites for hydroxylation is 1. The largest absolute Gasteiger partial charge is 0.383 e. The van der Waals surface area contributed by atoms with Gasteiger partial charge in [0.15, 0.2) is 0 Å². The molecular weight excluding hydrogens is 280 g/mol.